The van der Waals surface area contributed by atoms with Crippen molar-refractivity contribution in [1.29, 1.82) is 0 Å². The summed E-state index contributed by atoms with van der Waals surface area (Å²) in [5, 5.41) is 0.383. The van der Waals surface area contributed by atoms with E-state index in [0.717, 1.165) is 9.87 Å². The van der Waals surface area contributed by atoms with Gasteiger partial charge in [0.25, 0.3) is 10.0 Å². The molecule has 7 heteroatoms. The van der Waals surface area contributed by atoms with Gasteiger partial charge in [0, 0.05) is 5.02 Å². The zero-order valence-corrected chi connectivity index (χ0v) is 15.9. The number of hydrogen-bond donors (Lipinski definition) is 0. The van der Waals surface area contributed by atoms with Crippen molar-refractivity contribution < 1.29 is 17.9 Å². The van der Waals surface area contributed by atoms with Gasteiger partial charge in [0.15, 0.2) is 0 Å². The van der Waals surface area contributed by atoms with Crippen LogP contribution in [0.2, 0.25) is 5.02 Å². The van der Waals surface area contributed by atoms with Crippen LogP contribution in [0.1, 0.15) is 18.1 Å². The third-order valence-corrected chi connectivity index (χ3v) is 5.64. The summed E-state index contributed by atoms with van der Waals surface area (Å²) in [6.07, 6.45) is 0. The molecular formula is C18H20ClNO4S. The maximum absolute atomic E-state index is 13.1. The van der Waals surface area contributed by atoms with Gasteiger partial charge in [-0.2, -0.15) is 0 Å². The van der Waals surface area contributed by atoms with E-state index >= 15 is 0 Å². The summed E-state index contributed by atoms with van der Waals surface area (Å²) in [5.74, 6) is -0.627. The second-order valence-electron chi connectivity index (χ2n) is 5.56. The molecule has 0 bridgehead atoms. The predicted molar refractivity (Wildman–Crippen MR) is 98.5 cm³/mol. The van der Waals surface area contributed by atoms with Crippen molar-refractivity contribution >= 4 is 33.3 Å². The van der Waals surface area contributed by atoms with Gasteiger partial charge in [0.2, 0.25) is 0 Å². The van der Waals surface area contributed by atoms with Crippen LogP contribution >= 0.6 is 11.6 Å². The van der Waals surface area contributed by atoms with Crippen molar-refractivity contribution in [3.05, 3.63) is 58.6 Å². The normalized spacial score (nSPS) is 11.2. The fourth-order valence-corrected chi connectivity index (χ4v) is 3.94. The van der Waals surface area contributed by atoms with E-state index in [1.807, 2.05) is 6.92 Å². The molecule has 0 amide bonds. The molecule has 2 aromatic carbocycles. The number of halogens is 1. The molecule has 0 unspecified atom stereocenters. The van der Waals surface area contributed by atoms with Crippen molar-refractivity contribution in [2.45, 2.75) is 25.7 Å². The van der Waals surface area contributed by atoms with Gasteiger partial charge in [-0.1, -0.05) is 35.4 Å². The van der Waals surface area contributed by atoms with Gasteiger partial charge in [-0.3, -0.25) is 9.10 Å². The molecule has 134 valence electrons. The van der Waals surface area contributed by atoms with Crippen molar-refractivity contribution in [2.75, 3.05) is 17.5 Å². The number of carbonyl (C=O) groups is 1. The number of aryl methyl sites for hydroxylation is 2. The standard InChI is InChI=1S/C18H20ClNO4S/c1-4-24-18(21)12-20(17-11-15(19)8-7-14(17)3)25(22,23)16-9-5-13(2)6-10-16/h5-11H,4,12H2,1-3H3. The fraction of sp³-hybridized carbons (Fsp3) is 0.278. The second kappa shape index (κ2) is 7.89. The molecule has 0 fully saturated rings. The summed E-state index contributed by atoms with van der Waals surface area (Å²) < 4.78 is 32.2. The van der Waals surface area contributed by atoms with E-state index in [4.69, 9.17) is 16.3 Å². The van der Waals surface area contributed by atoms with E-state index in [9.17, 15) is 13.2 Å². The molecule has 0 N–H and O–H groups in total. The third-order valence-electron chi connectivity index (χ3n) is 3.63. The predicted octanol–water partition coefficient (Wildman–Crippen LogP) is 3.72. The zero-order valence-electron chi connectivity index (χ0n) is 14.3. The van der Waals surface area contributed by atoms with Crippen molar-refractivity contribution in [1.82, 2.24) is 0 Å². The molecule has 0 aromatic heterocycles. The van der Waals surface area contributed by atoms with Gasteiger partial charge in [-0.15, -0.1) is 0 Å². The minimum absolute atomic E-state index is 0.0989. The van der Waals surface area contributed by atoms with Gasteiger partial charge in [0.05, 0.1) is 17.2 Å². The van der Waals surface area contributed by atoms with Crippen LogP contribution < -0.4 is 4.31 Å². The Hall–Kier alpha value is -2.05. The Bertz CT molecular complexity index is 863. The maximum atomic E-state index is 13.1. The number of carbonyl (C=O) groups excluding carboxylic acids is 1. The zero-order chi connectivity index (χ0) is 18.6. The number of hydrogen-bond acceptors (Lipinski definition) is 4. The van der Waals surface area contributed by atoms with Crippen molar-refractivity contribution in [3.8, 4) is 0 Å². The number of esters is 1. The van der Waals surface area contributed by atoms with Crippen LogP contribution in [0.25, 0.3) is 0 Å². The number of rotatable bonds is 6. The van der Waals surface area contributed by atoms with E-state index in [-0.39, 0.29) is 11.5 Å². The Kier molecular flexibility index (Phi) is 6.08. The lowest BCUT2D eigenvalue weighted by atomic mass is 10.2. The molecule has 2 aromatic rings. The van der Waals surface area contributed by atoms with E-state index in [2.05, 4.69) is 0 Å². The maximum Gasteiger partial charge on any atom is 0.326 e. The van der Waals surface area contributed by atoms with Crippen LogP contribution in [-0.2, 0) is 19.6 Å². The first-order chi connectivity index (χ1) is 11.8. The van der Waals surface area contributed by atoms with Crippen LogP contribution in [0, 0.1) is 13.8 Å². The molecule has 25 heavy (non-hydrogen) atoms. The molecule has 0 aliphatic carbocycles. The van der Waals surface area contributed by atoms with Gasteiger partial charge in [-0.05, 0) is 50.6 Å². The lowest BCUT2D eigenvalue weighted by Crippen LogP contribution is -2.37. The molecule has 0 aliphatic heterocycles. The van der Waals surface area contributed by atoms with Gasteiger partial charge in [-0.25, -0.2) is 8.42 Å². The number of benzene rings is 2. The smallest absolute Gasteiger partial charge is 0.326 e. The van der Waals surface area contributed by atoms with Gasteiger partial charge in [0.1, 0.15) is 6.54 Å². The molecule has 2 rings (SSSR count). The molecule has 0 heterocycles. The van der Waals surface area contributed by atoms with Crippen LogP contribution in [0.3, 0.4) is 0 Å². The SMILES string of the molecule is CCOC(=O)CN(c1cc(Cl)ccc1C)S(=O)(=O)c1ccc(C)cc1. The highest BCUT2D eigenvalue weighted by molar-refractivity contribution is 7.92. The molecular weight excluding hydrogens is 362 g/mol. The fourth-order valence-electron chi connectivity index (χ4n) is 2.31. The summed E-state index contributed by atoms with van der Waals surface area (Å²) in [5.41, 5.74) is 1.97. The molecule has 0 spiro atoms. The largest absolute Gasteiger partial charge is 0.465 e. The van der Waals surface area contributed by atoms with Crippen molar-refractivity contribution in [3.63, 3.8) is 0 Å². The summed E-state index contributed by atoms with van der Waals surface area (Å²) in [7, 11) is -3.95. The van der Waals surface area contributed by atoms with Crippen LogP contribution in [0.15, 0.2) is 47.4 Å². The average Bonchev–Trinajstić information content (AvgIpc) is 2.55. The lowest BCUT2D eigenvalue weighted by molar-refractivity contribution is -0.141. The highest BCUT2D eigenvalue weighted by Crippen LogP contribution is 2.29. The number of anilines is 1. The summed E-state index contributed by atoms with van der Waals surface area (Å²) in [6.45, 7) is 5.04. The number of ether oxygens (including phenoxy) is 1. The Morgan fingerprint density at radius 2 is 1.76 bits per heavy atom. The average molecular weight is 382 g/mol. The molecule has 0 aliphatic rings. The third kappa shape index (κ3) is 4.52. The molecule has 5 nitrogen and oxygen atoms in total. The Morgan fingerprint density at radius 1 is 1.12 bits per heavy atom. The second-order valence-corrected chi connectivity index (χ2v) is 7.86. The summed E-state index contributed by atoms with van der Waals surface area (Å²) in [4.78, 5) is 12.1. The Balaban J connectivity index is 2.55. The highest BCUT2D eigenvalue weighted by atomic mass is 35.5. The van der Waals surface area contributed by atoms with Crippen LogP contribution in [0.4, 0.5) is 5.69 Å². The number of sulfonamides is 1. The lowest BCUT2D eigenvalue weighted by Gasteiger charge is -2.25. The van der Waals surface area contributed by atoms with Gasteiger partial charge < -0.3 is 4.74 Å². The Morgan fingerprint density at radius 3 is 2.36 bits per heavy atom. The van der Waals surface area contributed by atoms with E-state index in [1.54, 1.807) is 38.1 Å². The minimum atomic E-state index is -3.95. The monoisotopic (exact) mass is 381 g/mol. The quantitative estimate of drug-likeness (QED) is 0.715. The summed E-state index contributed by atoms with van der Waals surface area (Å²) >= 11 is 6.04. The first-order valence-corrected chi connectivity index (χ1v) is 9.58. The van der Waals surface area contributed by atoms with Gasteiger partial charge >= 0.3 is 5.97 Å². The summed E-state index contributed by atoms with van der Waals surface area (Å²) in [6, 6.07) is 11.4. The van der Waals surface area contributed by atoms with E-state index in [1.165, 1.54) is 18.2 Å². The number of nitrogens with zero attached hydrogens (tertiary/aromatic N) is 1. The Labute approximate surface area is 153 Å². The molecule has 0 saturated heterocycles. The van der Waals surface area contributed by atoms with Crippen LogP contribution in [0.5, 0.6) is 0 Å². The highest BCUT2D eigenvalue weighted by Gasteiger charge is 2.28. The molecule has 0 radical (unpaired) electrons. The molecule has 0 saturated carbocycles. The van der Waals surface area contributed by atoms with Crippen LogP contribution in [-0.4, -0.2) is 27.5 Å². The van der Waals surface area contributed by atoms with E-state index in [0.29, 0.717) is 16.3 Å². The first kappa shape index (κ1) is 19.3. The molecule has 0 atom stereocenters. The first-order valence-electron chi connectivity index (χ1n) is 7.77. The van der Waals surface area contributed by atoms with E-state index < -0.39 is 22.5 Å². The topological polar surface area (TPSA) is 63.7 Å². The van der Waals surface area contributed by atoms with Crippen molar-refractivity contribution in [2.24, 2.45) is 0 Å². The minimum Gasteiger partial charge on any atom is -0.465 e.